The third kappa shape index (κ3) is 4.90. The molecule has 0 bridgehead atoms. The fraction of sp³-hybridized carbons (Fsp3) is 0.290. The van der Waals surface area contributed by atoms with E-state index in [0.29, 0.717) is 21.3 Å². The van der Waals surface area contributed by atoms with Crippen LogP contribution in [0.25, 0.3) is 5.69 Å². The van der Waals surface area contributed by atoms with Crippen LogP contribution in [-0.4, -0.2) is 20.8 Å². The largest absolute Gasteiger partial charge is 0.490 e. The molecule has 0 unspecified atom stereocenters. The molecule has 6 rings (SSSR count). The van der Waals surface area contributed by atoms with E-state index in [4.69, 9.17) is 45.1 Å². The molecule has 1 saturated carbocycles. The Morgan fingerprint density at radius 3 is 2.46 bits per heavy atom. The number of aryl methyl sites for hydroxylation is 1. The molecular formula is C31H30Cl2N4OS. The number of benzene rings is 2. The molecule has 0 radical (unpaired) electrons. The zero-order chi connectivity index (χ0) is 27.1. The number of hydrogen-bond acceptors (Lipinski definition) is 3. The quantitative estimate of drug-likeness (QED) is 0.234. The highest BCUT2D eigenvalue weighted by Crippen LogP contribution is 2.44. The molecule has 1 aliphatic carbocycles. The lowest BCUT2D eigenvalue weighted by Crippen LogP contribution is -2.29. The molecule has 0 amide bonds. The number of aromatic nitrogens is 2. The topological polar surface area (TPSA) is 42.3 Å². The summed E-state index contributed by atoms with van der Waals surface area (Å²) in [7, 11) is 0. The van der Waals surface area contributed by atoms with Crippen LogP contribution in [0.2, 0.25) is 10.0 Å². The Bertz CT molecular complexity index is 1500. The average Bonchev–Trinajstić information content (AvgIpc) is 3.65. The molecule has 5 nitrogen and oxygen atoms in total. The van der Waals surface area contributed by atoms with Crippen LogP contribution in [0.3, 0.4) is 0 Å². The zero-order valence-electron chi connectivity index (χ0n) is 21.9. The number of thiocarbonyl (C=S) groups is 1. The molecule has 2 aromatic carbocycles. The van der Waals surface area contributed by atoms with E-state index >= 15 is 0 Å². The van der Waals surface area contributed by atoms with E-state index in [2.05, 4.69) is 59.0 Å². The fourth-order valence-corrected chi connectivity index (χ4v) is 6.68. The van der Waals surface area contributed by atoms with E-state index in [1.807, 2.05) is 36.5 Å². The van der Waals surface area contributed by atoms with Crippen LogP contribution in [-0.2, 0) is 0 Å². The van der Waals surface area contributed by atoms with Crippen LogP contribution in [0.15, 0.2) is 72.9 Å². The van der Waals surface area contributed by atoms with Gasteiger partial charge in [0, 0.05) is 23.3 Å². The van der Waals surface area contributed by atoms with E-state index in [-0.39, 0.29) is 12.1 Å². The first-order chi connectivity index (χ1) is 18.9. The van der Waals surface area contributed by atoms with Gasteiger partial charge in [-0.25, -0.2) is 0 Å². The van der Waals surface area contributed by atoms with Gasteiger partial charge in [-0.05, 0) is 112 Å². The second-order valence-corrected chi connectivity index (χ2v) is 11.4. The van der Waals surface area contributed by atoms with Crippen LogP contribution in [0, 0.1) is 13.8 Å². The van der Waals surface area contributed by atoms with E-state index < -0.39 is 0 Å². The van der Waals surface area contributed by atoms with Crippen molar-refractivity contribution in [3.05, 3.63) is 106 Å². The van der Waals surface area contributed by atoms with E-state index in [1.54, 1.807) is 6.07 Å². The second-order valence-electron chi connectivity index (χ2n) is 10.2. The molecule has 2 aromatic heterocycles. The lowest BCUT2D eigenvalue weighted by molar-refractivity contribution is 0.210. The third-order valence-electron chi connectivity index (χ3n) is 7.78. The number of ether oxygens (including phenoxy) is 1. The molecule has 1 N–H and O–H groups in total. The average molecular weight is 578 g/mol. The molecular weight excluding hydrogens is 547 g/mol. The number of anilines is 1. The first-order valence-corrected chi connectivity index (χ1v) is 14.5. The number of pyridine rings is 1. The van der Waals surface area contributed by atoms with Crippen molar-refractivity contribution in [1.29, 1.82) is 0 Å². The fourth-order valence-electron chi connectivity index (χ4n) is 5.96. The summed E-state index contributed by atoms with van der Waals surface area (Å²) in [5.74, 6) is 0.898. The van der Waals surface area contributed by atoms with Gasteiger partial charge in [0.15, 0.2) is 5.11 Å². The van der Waals surface area contributed by atoms with Crippen molar-refractivity contribution in [2.45, 2.75) is 57.7 Å². The number of hydrogen-bond donors (Lipinski definition) is 1. The van der Waals surface area contributed by atoms with Gasteiger partial charge in [0.2, 0.25) is 0 Å². The number of nitrogens with one attached hydrogen (secondary N) is 1. The SMILES string of the molecule is Cc1cc([C@H]2[C@H](c3ccccn3)NC(=S)N2c2ccc(OC3CCCC3)cc2)c(C)n1-c1cccc(Cl)c1Cl. The van der Waals surface area contributed by atoms with Crippen LogP contribution in [0.4, 0.5) is 5.69 Å². The normalized spacial score (nSPS) is 19.5. The monoisotopic (exact) mass is 576 g/mol. The lowest BCUT2D eigenvalue weighted by Gasteiger charge is -2.28. The molecule has 8 heteroatoms. The van der Waals surface area contributed by atoms with Crippen LogP contribution < -0.4 is 15.0 Å². The van der Waals surface area contributed by atoms with Crippen molar-refractivity contribution in [2.24, 2.45) is 0 Å². The number of halogens is 2. The summed E-state index contributed by atoms with van der Waals surface area (Å²) in [6, 6.07) is 21.9. The molecule has 2 fully saturated rings. The Labute approximate surface area is 244 Å². The first kappa shape index (κ1) is 26.2. The van der Waals surface area contributed by atoms with Crippen LogP contribution >= 0.6 is 35.4 Å². The van der Waals surface area contributed by atoms with Gasteiger partial charge in [-0.1, -0.05) is 35.3 Å². The van der Waals surface area contributed by atoms with Gasteiger partial charge in [-0.15, -0.1) is 0 Å². The van der Waals surface area contributed by atoms with Gasteiger partial charge in [0.05, 0.1) is 39.6 Å². The van der Waals surface area contributed by atoms with Crippen molar-refractivity contribution < 1.29 is 4.74 Å². The predicted octanol–water partition coefficient (Wildman–Crippen LogP) is 8.29. The zero-order valence-corrected chi connectivity index (χ0v) is 24.2. The minimum absolute atomic E-state index is 0.132. The van der Waals surface area contributed by atoms with Gasteiger partial charge in [-0.2, -0.15) is 0 Å². The Morgan fingerprint density at radius 1 is 0.974 bits per heavy atom. The molecule has 4 aromatic rings. The van der Waals surface area contributed by atoms with E-state index in [1.165, 1.54) is 12.8 Å². The first-order valence-electron chi connectivity index (χ1n) is 13.3. The van der Waals surface area contributed by atoms with E-state index in [9.17, 15) is 0 Å². The third-order valence-corrected chi connectivity index (χ3v) is 8.90. The van der Waals surface area contributed by atoms with Gasteiger partial charge in [-0.3, -0.25) is 4.98 Å². The van der Waals surface area contributed by atoms with Gasteiger partial charge < -0.3 is 19.5 Å². The number of nitrogens with zero attached hydrogens (tertiary/aromatic N) is 3. The van der Waals surface area contributed by atoms with Crippen molar-refractivity contribution in [3.8, 4) is 11.4 Å². The summed E-state index contributed by atoms with van der Waals surface area (Å²) in [5, 5.41) is 5.28. The maximum Gasteiger partial charge on any atom is 0.174 e. The minimum Gasteiger partial charge on any atom is -0.490 e. The summed E-state index contributed by atoms with van der Waals surface area (Å²) in [6.45, 7) is 4.21. The molecule has 2 aliphatic rings. The smallest absolute Gasteiger partial charge is 0.174 e. The lowest BCUT2D eigenvalue weighted by atomic mass is 9.96. The van der Waals surface area contributed by atoms with Crippen LogP contribution in [0.5, 0.6) is 5.75 Å². The molecule has 39 heavy (non-hydrogen) atoms. The molecule has 1 aliphatic heterocycles. The van der Waals surface area contributed by atoms with Gasteiger partial charge in [0.25, 0.3) is 0 Å². The summed E-state index contributed by atoms with van der Waals surface area (Å²) in [6.07, 6.45) is 6.88. The molecule has 2 atom stereocenters. The second kappa shape index (κ2) is 10.8. The van der Waals surface area contributed by atoms with Crippen molar-refractivity contribution in [3.63, 3.8) is 0 Å². The van der Waals surface area contributed by atoms with Crippen molar-refractivity contribution >= 4 is 46.2 Å². The summed E-state index contributed by atoms with van der Waals surface area (Å²) in [4.78, 5) is 6.89. The summed E-state index contributed by atoms with van der Waals surface area (Å²) >= 11 is 19.0. The van der Waals surface area contributed by atoms with Crippen molar-refractivity contribution in [2.75, 3.05) is 4.90 Å². The molecule has 0 spiro atoms. The minimum atomic E-state index is -0.142. The molecule has 3 heterocycles. The van der Waals surface area contributed by atoms with Gasteiger partial charge >= 0.3 is 0 Å². The highest BCUT2D eigenvalue weighted by atomic mass is 35.5. The Balaban J connectivity index is 1.43. The maximum atomic E-state index is 6.67. The summed E-state index contributed by atoms with van der Waals surface area (Å²) in [5.41, 5.74) is 6.05. The Morgan fingerprint density at radius 2 is 1.74 bits per heavy atom. The molecule has 200 valence electrons. The van der Waals surface area contributed by atoms with E-state index in [0.717, 1.165) is 52.6 Å². The Kier molecular flexibility index (Phi) is 7.27. The highest BCUT2D eigenvalue weighted by molar-refractivity contribution is 7.80. The predicted molar refractivity (Wildman–Crippen MR) is 163 cm³/mol. The van der Waals surface area contributed by atoms with Gasteiger partial charge in [0.1, 0.15) is 5.75 Å². The van der Waals surface area contributed by atoms with Crippen molar-refractivity contribution in [1.82, 2.24) is 14.9 Å². The maximum absolute atomic E-state index is 6.67. The standard InChI is InChI=1S/C31H30Cl2N4OS/c1-19-18-24(20(2)36(19)27-12-7-10-25(32)28(27)33)30-29(26-11-5-6-17-34-26)35-31(39)37(30)21-13-15-23(16-14-21)38-22-8-3-4-9-22/h5-7,10-18,22,29-30H,3-4,8-9H2,1-2H3,(H,35,39)/t29-,30-/m0/s1. The number of rotatable bonds is 6. The highest BCUT2D eigenvalue weighted by Gasteiger charge is 2.42. The van der Waals surface area contributed by atoms with Crippen LogP contribution in [0.1, 0.15) is 60.4 Å². The summed E-state index contributed by atoms with van der Waals surface area (Å²) < 4.78 is 8.39. The Hall–Kier alpha value is -3.06. The molecule has 1 saturated heterocycles.